The van der Waals surface area contributed by atoms with Crippen LogP contribution in [0.25, 0.3) is 0 Å². The van der Waals surface area contributed by atoms with E-state index in [4.69, 9.17) is 27.4 Å². The summed E-state index contributed by atoms with van der Waals surface area (Å²) < 4.78 is 0. The lowest BCUT2D eigenvalue weighted by Gasteiger charge is -2.25. The van der Waals surface area contributed by atoms with Gasteiger partial charge in [0.1, 0.15) is 24.2 Å². The number of carboxylic acids is 2. The average Bonchev–Trinajstić information content (AvgIpc) is 2.71. The van der Waals surface area contributed by atoms with Crippen molar-refractivity contribution in [3.05, 3.63) is 0 Å². The highest BCUT2D eigenvalue weighted by Crippen LogP contribution is 2.05. The summed E-state index contributed by atoms with van der Waals surface area (Å²) in [7, 11) is 0. The van der Waals surface area contributed by atoms with E-state index in [1.165, 1.54) is 6.92 Å². The van der Waals surface area contributed by atoms with Gasteiger partial charge in [-0.05, 0) is 19.8 Å². The van der Waals surface area contributed by atoms with Gasteiger partial charge in [-0.15, -0.1) is 0 Å². The molecule has 0 fully saturated rings. The number of hydrogen-bond acceptors (Lipinski definition) is 9. The number of aliphatic carboxylic acids is 2. The number of hydrogen-bond donors (Lipinski definition) is 9. The Labute approximate surface area is 193 Å². The number of carboxylic acid groups (broad SMARTS) is 2. The fraction of sp³-hybridized carbons (Fsp3) is 0.611. The zero-order chi connectivity index (χ0) is 26.6. The number of carbonyl (C=O) groups is 7. The lowest BCUT2D eigenvalue weighted by atomic mass is 10.1. The van der Waals surface area contributed by atoms with Gasteiger partial charge in [-0.2, -0.15) is 0 Å². The lowest BCUT2D eigenvalue weighted by molar-refractivity contribution is -0.144. The summed E-state index contributed by atoms with van der Waals surface area (Å²) in [5, 5.41) is 33.8. The predicted molar refractivity (Wildman–Crippen MR) is 112 cm³/mol. The second-order valence-corrected chi connectivity index (χ2v) is 7.40. The summed E-state index contributed by atoms with van der Waals surface area (Å²) in [5.74, 6) is -7.91. The van der Waals surface area contributed by atoms with E-state index in [1.54, 1.807) is 0 Å². The van der Waals surface area contributed by atoms with E-state index >= 15 is 0 Å². The lowest BCUT2D eigenvalue weighted by Crippen LogP contribution is -2.58. The van der Waals surface area contributed by atoms with Crippen molar-refractivity contribution in [1.29, 1.82) is 0 Å². The molecule has 0 saturated heterocycles. The van der Waals surface area contributed by atoms with Crippen LogP contribution in [0.4, 0.5) is 0 Å². The maximum absolute atomic E-state index is 12.7. The zero-order valence-corrected chi connectivity index (χ0v) is 18.4. The Morgan fingerprint density at radius 2 is 1.18 bits per heavy atom. The molecule has 0 aromatic rings. The van der Waals surface area contributed by atoms with Crippen molar-refractivity contribution in [2.24, 2.45) is 17.2 Å². The number of aliphatic hydroxyl groups is 1. The highest BCUT2D eigenvalue weighted by atomic mass is 16.4. The van der Waals surface area contributed by atoms with E-state index < -0.39 is 97.4 Å². The minimum Gasteiger partial charge on any atom is -0.481 e. The molecule has 0 aromatic heterocycles. The predicted octanol–water partition coefficient (Wildman–Crippen LogP) is -4.76. The van der Waals surface area contributed by atoms with Gasteiger partial charge in [0.05, 0.1) is 12.5 Å². The van der Waals surface area contributed by atoms with Crippen LogP contribution in [0.2, 0.25) is 0 Å². The average molecular weight is 490 g/mol. The van der Waals surface area contributed by atoms with Crippen LogP contribution < -0.4 is 33.2 Å². The quantitative estimate of drug-likeness (QED) is 0.0988. The molecule has 0 saturated carbocycles. The molecule has 0 aliphatic rings. The van der Waals surface area contributed by atoms with E-state index in [0.29, 0.717) is 0 Å². The van der Waals surface area contributed by atoms with Crippen LogP contribution in [0.3, 0.4) is 0 Å². The van der Waals surface area contributed by atoms with Crippen molar-refractivity contribution in [3.8, 4) is 0 Å². The summed E-state index contributed by atoms with van der Waals surface area (Å²) in [6.45, 7) is 1.21. The van der Waals surface area contributed by atoms with Crippen LogP contribution in [-0.4, -0.2) is 87.1 Å². The van der Waals surface area contributed by atoms with E-state index in [-0.39, 0.29) is 6.42 Å². The number of primary amides is 2. The second kappa shape index (κ2) is 14.4. The van der Waals surface area contributed by atoms with Gasteiger partial charge in [-0.3, -0.25) is 28.8 Å². The monoisotopic (exact) mass is 490 g/mol. The summed E-state index contributed by atoms with van der Waals surface area (Å²) in [6, 6.07) is -6.24. The SMILES string of the molecule is CC(O)C(N)C(=O)NC(CCC(=O)O)C(=O)NC(CCC(N)=O)C(=O)NC(CC(N)=O)C(=O)O. The standard InChI is InChI=1S/C18H30N6O10/c1-7(25)14(21)17(32)23-9(3-5-13(28)29)15(30)22-8(2-4-11(19)26)16(31)24-10(18(33)34)6-12(20)27/h7-10,14,25H,2-6,21H2,1H3,(H2,19,26)(H2,20,27)(H,22,30)(H,23,32)(H,24,31)(H,28,29)(H,33,34). The Bertz CT molecular complexity index is 802. The molecule has 0 aliphatic heterocycles. The molecule has 0 bridgehead atoms. The minimum atomic E-state index is -1.73. The Hall–Kier alpha value is -3.79. The Morgan fingerprint density at radius 3 is 1.56 bits per heavy atom. The molecule has 16 nitrogen and oxygen atoms in total. The van der Waals surface area contributed by atoms with E-state index in [9.17, 15) is 38.7 Å². The van der Waals surface area contributed by atoms with Crippen LogP contribution in [0.5, 0.6) is 0 Å². The molecule has 192 valence electrons. The van der Waals surface area contributed by atoms with E-state index in [0.717, 1.165) is 0 Å². The van der Waals surface area contributed by atoms with Gasteiger partial charge in [-0.25, -0.2) is 4.79 Å². The number of nitrogens with two attached hydrogens (primary N) is 3. The number of aliphatic hydroxyl groups excluding tert-OH is 1. The zero-order valence-electron chi connectivity index (χ0n) is 18.4. The first-order chi connectivity index (χ1) is 15.6. The first kappa shape index (κ1) is 30.2. The molecule has 16 heteroatoms. The third-order valence-electron chi connectivity index (χ3n) is 4.43. The first-order valence-electron chi connectivity index (χ1n) is 10.0. The first-order valence-corrected chi connectivity index (χ1v) is 10.0. The Kier molecular flexibility index (Phi) is 12.8. The molecule has 0 rings (SSSR count). The molecule has 5 amide bonds. The van der Waals surface area contributed by atoms with E-state index in [2.05, 4.69) is 10.6 Å². The highest BCUT2D eigenvalue weighted by Gasteiger charge is 2.31. The smallest absolute Gasteiger partial charge is 0.326 e. The third-order valence-corrected chi connectivity index (χ3v) is 4.43. The van der Waals surface area contributed by atoms with Crippen molar-refractivity contribution < 1.29 is 48.9 Å². The van der Waals surface area contributed by atoms with Crippen molar-refractivity contribution in [1.82, 2.24) is 16.0 Å². The van der Waals surface area contributed by atoms with Gasteiger partial charge in [0.2, 0.25) is 29.5 Å². The summed E-state index contributed by atoms with van der Waals surface area (Å²) in [4.78, 5) is 81.8. The van der Waals surface area contributed by atoms with Crippen LogP contribution in [-0.2, 0) is 33.6 Å². The van der Waals surface area contributed by atoms with Crippen molar-refractivity contribution in [3.63, 3.8) is 0 Å². The minimum absolute atomic E-state index is 0.386. The molecular weight excluding hydrogens is 460 g/mol. The molecule has 5 atom stereocenters. The van der Waals surface area contributed by atoms with Crippen molar-refractivity contribution >= 4 is 41.5 Å². The van der Waals surface area contributed by atoms with Crippen molar-refractivity contribution in [2.45, 2.75) is 69.3 Å². The number of nitrogens with one attached hydrogen (secondary N) is 3. The fourth-order valence-corrected chi connectivity index (χ4v) is 2.52. The number of rotatable bonds is 16. The van der Waals surface area contributed by atoms with Gasteiger partial charge < -0.3 is 48.5 Å². The molecule has 0 aromatic carbocycles. The van der Waals surface area contributed by atoms with E-state index in [1.807, 2.05) is 5.32 Å². The van der Waals surface area contributed by atoms with Gasteiger partial charge in [0, 0.05) is 12.8 Å². The molecule has 0 radical (unpaired) electrons. The van der Waals surface area contributed by atoms with Gasteiger partial charge in [0.15, 0.2) is 0 Å². The highest BCUT2D eigenvalue weighted by molar-refractivity contribution is 5.95. The normalized spacial score (nSPS) is 15.0. The molecular formula is C18H30N6O10. The molecule has 0 spiro atoms. The molecule has 12 N–H and O–H groups in total. The van der Waals surface area contributed by atoms with Crippen molar-refractivity contribution in [2.75, 3.05) is 0 Å². The summed E-state index contributed by atoms with van der Waals surface area (Å²) in [5.41, 5.74) is 15.5. The Balaban J connectivity index is 5.66. The van der Waals surface area contributed by atoms with Gasteiger partial charge in [0.25, 0.3) is 0 Å². The largest absolute Gasteiger partial charge is 0.481 e. The number of amides is 5. The molecule has 0 aliphatic carbocycles. The van der Waals surface area contributed by atoms with Crippen LogP contribution >= 0.6 is 0 Å². The fourth-order valence-electron chi connectivity index (χ4n) is 2.52. The van der Waals surface area contributed by atoms with Crippen LogP contribution in [0.15, 0.2) is 0 Å². The van der Waals surface area contributed by atoms with Crippen LogP contribution in [0.1, 0.15) is 39.0 Å². The number of carbonyl (C=O) groups excluding carboxylic acids is 5. The topological polar surface area (TPSA) is 294 Å². The maximum Gasteiger partial charge on any atom is 0.326 e. The second-order valence-electron chi connectivity index (χ2n) is 7.40. The molecule has 5 unspecified atom stereocenters. The Morgan fingerprint density at radius 1 is 0.735 bits per heavy atom. The summed E-state index contributed by atoms with van der Waals surface area (Å²) >= 11 is 0. The summed E-state index contributed by atoms with van der Waals surface area (Å²) in [6.07, 6.45) is -3.85. The molecule has 34 heavy (non-hydrogen) atoms. The van der Waals surface area contributed by atoms with Crippen LogP contribution in [0, 0.1) is 0 Å². The van der Waals surface area contributed by atoms with Gasteiger partial charge in [-0.1, -0.05) is 0 Å². The third kappa shape index (κ3) is 11.7. The maximum atomic E-state index is 12.7. The van der Waals surface area contributed by atoms with Gasteiger partial charge >= 0.3 is 11.9 Å². The molecule has 0 heterocycles.